The van der Waals surface area contributed by atoms with Crippen LogP contribution < -0.4 is 5.32 Å². The molecule has 1 aliphatic heterocycles. The minimum absolute atomic E-state index is 0.146. The van der Waals surface area contributed by atoms with Crippen molar-refractivity contribution in [1.82, 2.24) is 10.2 Å². The molecule has 94 valence electrons. The van der Waals surface area contributed by atoms with Gasteiger partial charge in [0.05, 0.1) is 0 Å². The molecular weight excluding hydrogens is 215 g/mol. The van der Waals surface area contributed by atoms with E-state index in [1.165, 1.54) is 6.07 Å². The number of benzene rings is 1. The average molecular weight is 236 g/mol. The summed E-state index contributed by atoms with van der Waals surface area (Å²) in [5.74, 6) is 1.37. The van der Waals surface area contributed by atoms with E-state index in [2.05, 4.69) is 24.2 Å². The Labute approximate surface area is 103 Å². The molecule has 1 aromatic rings. The van der Waals surface area contributed by atoms with Crippen LogP contribution in [0.5, 0.6) is 0 Å². The maximum Gasteiger partial charge on any atom is 0.123 e. The zero-order valence-electron chi connectivity index (χ0n) is 10.6. The SMILES string of the molecule is CC(CN(C)Cc1cccc(F)c1)C1CNC1. The number of nitrogens with one attached hydrogen (secondary N) is 1. The number of halogens is 1. The lowest BCUT2D eigenvalue weighted by atomic mass is 9.88. The molecule has 2 rings (SSSR count). The molecule has 1 aromatic carbocycles. The fourth-order valence-electron chi connectivity index (χ4n) is 2.37. The first kappa shape index (κ1) is 12.5. The molecule has 1 fully saturated rings. The molecule has 1 atom stereocenters. The Balaban J connectivity index is 1.81. The Bertz CT molecular complexity index is 363. The maximum absolute atomic E-state index is 13.0. The van der Waals surface area contributed by atoms with Crippen molar-refractivity contribution in [2.45, 2.75) is 13.5 Å². The van der Waals surface area contributed by atoms with E-state index in [9.17, 15) is 4.39 Å². The van der Waals surface area contributed by atoms with Crippen LogP contribution >= 0.6 is 0 Å². The molecule has 1 N–H and O–H groups in total. The van der Waals surface area contributed by atoms with Crippen LogP contribution in [0.4, 0.5) is 4.39 Å². The topological polar surface area (TPSA) is 15.3 Å². The summed E-state index contributed by atoms with van der Waals surface area (Å²) in [6, 6.07) is 6.87. The molecule has 3 heteroatoms. The third kappa shape index (κ3) is 3.51. The van der Waals surface area contributed by atoms with Gasteiger partial charge in [0, 0.05) is 13.1 Å². The summed E-state index contributed by atoms with van der Waals surface area (Å²) >= 11 is 0. The zero-order chi connectivity index (χ0) is 12.3. The largest absolute Gasteiger partial charge is 0.316 e. The molecule has 0 aliphatic carbocycles. The summed E-state index contributed by atoms with van der Waals surface area (Å²) in [4.78, 5) is 2.28. The van der Waals surface area contributed by atoms with Crippen molar-refractivity contribution in [1.29, 1.82) is 0 Å². The second-order valence-electron chi connectivity index (χ2n) is 5.22. The molecule has 1 saturated heterocycles. The predicted octanol–water partition coefficient (Wildman–Crippen LogP) is 2.11. The van der Waals surface area contributed by atoms with E-state index in [0.29, 0.717) is 5.92 Å². The molecule has 17 heavy (non-hydrogen) atoms. The van der Waals surface area contributed by atoms with E-state index >= 15 is 0 Å². The van der Waals surface area contributed by atoms with Gasteiger partial charge in [0.2, 0.25) is 0 Å². The molecule has 0 spiro atoms. The highest BCUT2D eigenvalue weighted by atomic mass is 19.1. The van der Waals surface area contributed by atoms with Gasteiger partial charge in [-0.25, -0.2) is 4.39 Å². The normalized spacial score (nSPS) is 18.1. The van der Waals surface area contributed by atoms with Crippen molar-refractivity contribution in [3.63, 3.8) is 0 Å². The van der Waals surface area contributed by atoms with Crippen molar-refractivity contribution in [2.24, 2.45) is 11.8 Å². The molecule has 0 radical (unpaired) electrons. The first-order valence-corrected chi connectivity index (χ1v) is 6.29. The van der Waals surface area contributed by atoms with Gasteiger partial charge >= 0.3 is 0 Å². The van der Waals surface area contributed by atoms with Gasteiger partial charge < -0.3 is 10.2 Å². The van der Waals surface area contributed by atoms with E-state index in [0.717, 1.165) is 37.7 Å². The van der Waals surface area contributed by atoms with E-state index in [4.69, 9.17) is 0 Å². The Morgan fingerprint density at radius 3 is 2.82 bits per heavy atom. The summed E-state index contributed by atoms with van der Waals surface area (Å²) in [6.45, 7) is 6.49. The van der Waals surface area contributed by atoms with E-state index in [1.54, 1.807) is 12.1 Å². The van der Waals surface area contributed by atoms with Gasteiger partial charge in [-0.05, 0) is 49.7 Å². The molecule has 0 saturated carbocycles. The molecule has 1 unspecified atom stereocenters. The smallest absolute Gasteiger partial charge is 0.123 e. The van der Waals surface area contributed by atoms with Crippen molar-refractivity contribution in [3.8, 4) is 0 Å². The summed E-state index contributed by atoms with van der Waals surface area (Å²) in [6.07, 6.45) is 0. The van der Waals surface area contributed by atoms with Gasteiger partial charge in [0.1, 0.15) is 5.82 Å². The van der Waals surface area contributed by atoms with Crippen LogP contribution in [0.1, 0.15) is 12.5 Å². The van der Waals surface area contributed by atoms with Gasteiger partial charge in [-0.2, -0.15) is 0 Å². The Kier molecular flexibility index (Phi) is 4.13. The highest BCUT2D eigenvalue weighted by Gasteiger charge is 2.24. The van der Waals surface area contributed by atoms with Crippen molar-refractivity contribution in [3.05, 3.63) is 35.6 Å². The third-order valence-electron chi connectivity index (χ3n) is 3.56. The lowest BCUT2D eigenvalue weighted by molar-refractivity contribution is 0.182. The van der Waals surface area contributed by atoms with Crippen molar-refractivity contribution in [2.75, 3.05) is 26.7 Å². The molecule has 2 nitrogen and oxygen atoms in total. The van der Waals surface area contributed by atoms with Gasteiger partial charge in [0.25, 0.3) is 0 Å². The Morgan fingerprint density at radius 1 is 1.47 bits per heavy atom. The minimum atomic E-state index is -0.146. The van der Waals surface area contributed by atoms with Crippen LogP contribution in [0, 0.1) is 17.7 Å². The third-order valence-corrected chi connectivity index (χ3v) is 3.56. The summed E-state index contributed by atoms with van der Waals surface area (Å²) < 4.78 is 13.0. The van der Waals surface area contributed by atoms with Crippen LogP contribution in [0.15, 0.2) is 24.3 Å². The molecular formula is C14H21FN2. The van der Waals surface area contributed by atoms with Gasteiger partial charge in [-0.3, -0.25) is 0 Å². The summed E-state index contributed by atoms with van der Waals surface area (Å²) in [7, 11) is 2.10. The van der Waals surface area contributed by atoms with E-state index < -0.39 is 0 Å². The lowest BCUT2D eigenvalue weighted by Gasteiger charge is -2.34. The van der Waals surface area contributed by atoms with E-state index in [1.807, 2.05) is 6.07 Å². The first-order chi connectivity index (χ1) is 8.15. The molecule has 0 aromatic heterocycles. The number of rotatable bonds is 5. The fraction of sp³-hybridized carbons (Fsp3) is 0.571. The average Bonchev–Trinajstić information content (AvgIpc) is 2.13. The van der Waals surface area contributed by atoms with Crippen LogP contribution in [0.25, 0.3) is 0 Å². The van der Waals surface area contributed by atoms with Crippen LogP contribution in [0.2, 0.25) is 0 Å². The van der Waals surface area contributed by atoms with Gasteiger partial charge in [-0.1, -0.05) is 19.1 Å². The summed E-state index contributed by atoms with van der Waals surface area (Å²) in [5.41, 5.74) is 1.05. The molecule has 0 amide bonds. The Hall–Kier alpha value is -0.930. The van der Waals surface area contributed by atoms with Crippen molar-refractivity contribution < 1.29 is 4.39 Å². The lowest BCUT2D eigenvalue weighted by Crippen LogP contribution is -2.47. The standard InChI is InChI=1S/C14H21FN2/c1-11(13-7-16-8-13)9-17(2)10-12-4-3-5-14(15)6-12/h3-6,11,13,16H,7-10H2,1-2H3. The van der Waals surface area contributed by atoms with Crippen molar-refractivity contribution >= 4 is 0 Å². The monoisotopic (exact) mass is 236 g/mol. The van der Waals surface area contributed by atoms with Crippen LogP contribution in [-0.2, 0) is 6.54 Å². The van der Waals surface area contributed by atoms with Crippen LogP contribution in [-0.4, -0.2) is 31.6 Å². The number of hydrogen-bond donors (Lipinski definition) is 1. The second kappa shape index (κ2) is 5.61. The van der Waals surface area contributed by atoms with Crippen LogP contribution in [0.3, 0.4) is 0 Å². The van der Waals surface area contributed by atoms with Gasteiger partial charge in [0.15, 0.2) is 0 Å². The summed E-state index contributed by atoms with van der Waals surface area (Å²) in [5, 5.41) is 3.30. The predicted molar refractivity (Wildman–Crippen MR) is 68.3 cm³/mol. The highest BCUT2D eigenvalue weighted by molar-refractivity contribution is 5.16. The Morgan fingerprint density at radius 2 is 2.24 bits per heavy atom. The first-order valence-electron chi connectivity index (χ1n) is 6.29. The maximum atomic E-state index is 13.0. The fourth-order valence-corrected chi connectivity index (χ4v) is 2.37. The molecule has 0 bridgehead atoms. The number of nitrogens with zero attached hydrogens (tertiary/aromatic N) is 1. The molecule has 1 aliphatic rings. The molecule has 1 heterocycles. The minimum Gasteiger partial charge on any atom is -0.316 e. The van der Waals surface area contributed by atoms with E-state index in [-0.39, 0.29) is 5.82 Å². The highest BCUT2D eigenvalue weighted by Crippen LogP contribution is 2.17. The zero-order valence-corrected chi connectivity index (χ0v) is 10.6. The van der Waals surface area contributed by atoms with Gasteiger partial charge in [-0.15, -0.1) is 0 Å². The second-order valence-corrected chi connectivity index (χ2v) is 5.22. The number of hydrogen-bond acceptors (Lipinski definition) is 2. The quantitative estimate of drug-likeness (QED) is 0.842.